The summed E-state index contributed by atoms with van der Waals surface area (Å²) in [5.41, 5.74) is 5.16. The number of methoxy groups -OCH3 is 1. The van der Waals surface area contributed by atoms with Gasteiger partial charge in [-0.05, 0) is 30.9 Å². The first-order chi connectivity index (χ1) is 13.2. The van der Waals surface area contributed by atoms with E-state index in [0.29, 0.717) is 12.1 Å². The lowest BCUT2D eigenvalue weighted by Gasteiger charge is -2.30. The summed E-state index contributed by atoms with van der Waals surface area (Å²) in [7, 11) is 1.65. The first-order valence-corrected chi connectivity index (χ1v) is 9.86. The normalized spacial score (nSPS) is 23.3. The van der Waals surface area contributed by atoms with E-state index in [1.807, 2.05) is 6.08 Å². The molecule has 0 spiro atoms. The van der Waals surface area contributed by atoms with Crippen LogP contribution in [0.25, 0.3) is 0 Å². The van der Waals surface area contributed by atoms with E-state index in [1.54, 1.807) is 7.11 Å². The lowest BCUT2D eigenvalue weighted by molar-refractivity contribution is 0.225. The van der Waals surface area contributed by atoms with Gasteiger partial charge >= 0.3 is 6.01 Å². The van der Waals surface area contributed by atoms with Crippen LogP contribution < -0.4 is 15.0 Å². The molecule has 1 unspecified atom stereocenters. The molecule has 0 aromatic carbocycles. The van der Waals surface area contributed by atoms with Crippen molar-refractivity contribution in [3.63, 3.8) is 0 Å². The zero-order chi connectivity index (χ0) is 18.8. The summed E-state index contributed by atoms with van der Waals surface area (Å²) in [5.74, 6) is 1.05. The van der Waals surface area contributed by atoms with Crippen molar-refractivity contribution in [2.45, 2.75) is 38.9 Å². The van der Waals surface area contributed by atoms with Crippen molar-refractivity contribution in [3.8, 4) is 6.01 Å². The molecule has 3 heterocycles. The molecule has 1 atom stereocenters. The van der Waals surface area contributed by atoms with Crippen LogP contribution in [-0.2, 0) is 13.1 Å². The zero-order valence-corrected chi connectivity index (χ0v) is 16.4. The fourth-order valence-electron chi connectivity index (χ4n) is 4.52. The number of aromatic nitrogens is 2. The Bertz CT molecular complexity index is 779. The molecule has 27 heavy (non-hydrogen) atoms. The Morgan fingerprint density at radius 3 is 2.74 bits per heavy atom. The monoisotopic (exact) mass is 367 g/mol. The number of fused-ring (bicyclic) bond motifs is 1. The van der Waals surface area contributed by atoms with Crippen LogP contribution in [0.3, 0.4) is 0 Å². The van der Waals surface area contributed by atoms with Crippen LogP contribution in [0.4, 0.5) is 5.82 Å². The van der Waals surface area contributed by atoms with E-state index >= 15 is 0 Å². The molecule has 0 radical (unpaired) electrons. The third-order valence-corrected chi connectivity index (χ3v) is 5.81. The number of nitrogens with zero attached hydrogens (tertiary/aromatic N) is 4. The summed E-state index contributed by atoms with van der Waals surface area (Å²) in [6, 6.07) is 0.884. The van der Waals surface area contributed by atoms with E-state index in [0.717, 1.165) is 63.6 Å². The molecule has 3 aliphatic rings. The van der Waals surface area contributed by atoms with E-state index in [9.17, 15) is 0 Å². The topological polar surface area (TPSA) is 53.5 Å². The Labute approximate surface area is 161 Å². The van der Waals surface area contributed by atoms with Crippen molar-refractivity contribution in [1.29, 1.82) is 0 Å². The molecular formula is C21H29N5O. The fourth-order valence-corrected chi connectivity index (χ4v) is 4.52. The molecule has 0 saturated carbocycles. The molecule has 1 N–H and O–H groups in total. The van der Waals surface area contributed by atoms with Gasteiger partial charge in [-0.2, -0.15) is 9.97 Å². The van der Waals surface area contributed by atoms with Crippen LogP contribution in [-0.4, -0.2) is 54.2 Å². The molecule has 6 heteroatoms. The summed E-state index contributed by atoms with van der Waals surface area (Å²) in [5, 5.41) is 3.41. The van der Waals surface area contributed by atoms with Crippen molar-refractivity contribution in [1.82, 2.24) is 20.2 Å². The van der Waals surface area contributed by atoms with Crippen molar-refractivity contribution < 1.29 is 4.74 Å². The number of hydrogen-bond acceptors (Lipinski definition) is 6. The predicted octanol–water partition coefficient (Wildman–Crippen LogP) is 2.43. The average Bonchev–Trinajstić information content (AvgIpc) is 3.31. The van der Waals surface area contributed by atoms with Gasteiger partial charge in [-0.25, -0.2) is 0 Å². The molecule has 1 aromatic rings. The Morgan fingerprint density at radius 1 is 1.22 bits per heavy atom. The van der Waals surface area contributed by atoms with E-state index in [2.05, 4.69) is 45.8 Å². The molecule has 4 rings (SSSR count). The number of anilines is 1. The van der Waals surface area contributed by atoms with Gasteiger partial charge in [0.2, 0.25) is 0 Å². The number of rotatable bonds is 5. The molecular weight excluding hydrogens is 338 g/mol. The molecule has 1 fully saturated rings. The maximum atomic E-state index is 5.41. The smallest absolute Gasteiger partial charge is 0.318 e. The molecule has 1 aliphatic carbocycles. The number of allylic oxidation sites excluding steroid dienone is 3. The van der Waals surface area contributed by atoms with Crippen LogP contribution >= 0.6 is 0 Å². The van der Waals surface area contributed by atoms with Crippen LogP contribution in [0.15, 0.2) is 36.0 Å². The Balaban J connectivity index is 1.64. The van der Waals surface area contributed by atoms with Gasteiger partial charge in [-0.15, -0.1) is 0 Å². The molecule has 6 nitrogen and oxygen atoms in total. The molecule has 0 amide bonds. The summed E-state index contributed by atoms with van der Waals surface area (Å²) >= 11 is 0. The third-order valence-electron chi connectivity index (χ3n) is 5.81. The quantitative estimate of drug-likeness (QED) is 0.863. The predicted molar refractivity (Wildman–Crippen MR) is 108 cm³/mol. The standard InChI is InChI=1S/C21H29N5O/c1-4-6-15-7-8-19(16(15)5-2)26-13-17-18(14-26)23-21(27-3)24-20(17)25-11-9-22-10-12-25/h4-6,19,22H,2,7-14H2,1,3H3/b6-4-. The highest BCUT2D eigenvalue weighted by atomic mass is 16.5. The molecule has 144 valence electrons. The lowest BCUT2D eigenvalue weighted by Crippen LogP contribution is -2.44. The first-order valence-electron chi connectivity index (χ1n) is 9.86. The van der Waals surface area contributed by atoms with Crippen molar-refractivity contribution in [3.05, 3.63) is 47.2 Å². The van der Waals surface area contributed by atoms with Gasteiger partial charge in [0.15, 0.2) is 0 Å². The van der Waals surface area contributed by atoms with Crippen molar-refractivity contribution >= 4 is 5.82 Å². The minimum absolute atomic E-state index is 0.407. The summed E-state index contributed by atoms with van der Waals surface area (Å²) in [6.45, 7) is 11.8. The maximum Gasteiger partial charge on any atom is 0.318 e. The van der Waals surface area contributed by atoms with Gasteiger partial charge in [-0.3, -0.25) is 4.90 Å². The Kier molecular flexibility index (Phi) is 5.27. The summed E-state index contributed by atoms with van der Waals surface area (Å²) in [4.78, 5) is 14.3. The minimum Gasteiger partial charge on any atom is -0.467 e. The fraction of sp³-hybridized carbons (Fsp3) is 0.524. The van der Waals surface area contributed by atoms with Gasteiger partial charge in [0.25, 0.3) is 0 Å². The molecule has 1 aromatic heterocycles. The van der Waals surface area contributed by atoms with Crippen LogP contribution in [0.2, 0.25) is 0 Å². The van der Waals surface area contributed by atoms with E-state index in [-0.39, 0.29) is 0 Å². The van der Waals surface area contributed by atoms with Gasteiger partial charge in [0, 0.05) is 50.9 Å². The Morgan fingerprint density at radius 2 is 2.04 bits per heavy atom. The minimum atomic E-state index is 0.407. The number of hydrogen-bond donors (Lipinski definition) is 1. The highest BCUT2D eigenvalue weighted by molar-refractivity contribution is 5.52. The van der Waals surface area contributed by atoms with Gasteiger partial charge in [-0.1, -0.05) is 24.8 Å². The second-order valence-electron chi connectivity index (χ2n) is 7.34. The number of ether oxygens (including phenoxy) is 1. The van der Waals surface area contributed by atoms with Crippen LogP contribution in [0.5, 0.6) is 6.01 Å². The summed E-state index contributed by atoms with van der Waals surface area (Å²) < 4.78 is 5.41. The number of nitrogens with one attached hydrogen (secondary N) is 1. The van der Waals surface area contributed by atoms with Crippen LogP contribution in [0, 0.1) is 0 Å². The Hall–Kier alpha value is -2.18. The largest absolute Gasteiger partial charge is 0.467 e. The highest BCUT2D eigenvalue weighted by Crippen LogP contribution is 2.38. The third kappa shape index (κ3) is 3.39. The highest BCUT2D eigenvalue weighted by Gasteiger charge is 2.35. The van der Waals surface area contributed by atoms with Gasteiger partial charge in [0.1, 0.15) is 5.82 Å². The first kappa shape index (κ1) is 18.2. The van der Waals surface area contributed by atoms with Crippen molar-refractivity contribution in [2.24, 2.45) is 0 Å². The number of piperazine rings is 1. The second-order valence-corrected chi connectivity index (χ2v) is 7.34. The average molecular weight is 367 g/mol. The van der Waals surface area contributed by atoms with E-state index in [1.165, 1.54) is 16.7 Å². The van der Waals surface area contributed by atoms with E-state index in [4.69, 9.17) is 9.72 Å². The van der Waals surface area contributed by atoms with Gasteiger partial charge < -0.3 is 15.0 Å². The second kappa shape index (κ2) is 7.82. The van der Waals surface area contributed by atoms with Gasteiger partial charge in [0.05, 0.1) is 12.8 Å². The van der Waals surface area contributed by atoms with Crippen LogP contribution in [0.1, 0.15) is 31.0 Å². The molecule has 1 saturated heterocycles. The van der Waals surface area contributed by atoms with E-state index < -0.39 is 0 Å². The van der Waals surface area contributed by atoms with Crippen molar-refractivity contribution in [2.75, 3.05) is 38.2 Å². The lowest BCUT2D eigenvalue weighted by atomic mass is 10.1. The molecule has 0 bridgehead atoms. The molecule has 2 aliphatic heterocycles. The maximum absolute atomic E-state index is 5.41. The summed E-state index contributed by atoms with van der Waals surface area (Å²) in [6.07, 6.45) is 8.65. The zero-order valence-electron chi connectivity index (χ0n) is 16.4. The SMILES string of the molecule is C=CC1=C(/C=C\C)CCC1N1Cc2nc(OC)nc(N3CCNCC3)c2C1.